The number of carbonyl (C=O) groups is 1. The van der Waals surface area contributed by atoms with Crippen molar-refractivity contribution in [3.63, 3.8) is 0 Å². The fourth-order valence-electron chi connectivity index (χ4n) is 3.99. The predicted octanol–water partition coefficient (Wildman–Crippen LogP) is 4.03. The molecule has 0 spiro atoms. The number of benzene rings is 2. The number of carbonyl (C=O) groups excluding carboxylic acids is 1. The zero-order valence-corrected chi connectivity index (χ0v) is 16.8. The molecule has 0 radical (unpaired) electrons. The van der Waals surface area contributed by atoms with Crippen molar-refractivity contribution in [2.75, 3.05) is 13.3 Å². The van der Waals surface area contributed by atoms with Crippen molar-refractivity contribution in [2.45, 2.75) is 43.4 Å². The molecule has 3 rings (SSSR count). The van der Waals surface area contributed by atoms with Gasteiger partial charge in [0.05, 0.1) is 5.75 Å². The molecule has 0 aliphatic heterocycles. The molecular formula is C22H27NO3S. The summed E-state index contributed by atoms with van der Waals surface area (Å²) in [6, 6.07) is 17.8. The van der Waals surface area contributed by atoms with Crippen molar-refractivity contribution in [2.24, 2.45) is 0 Å². The molecule has 27 heavy (non-hydrogen) atoms. The Morgan fingerprint density at radius 3 is 2.30 bits per heavy atom. The normalized spacial score (nSPS) is 20.2. The lowest BCUT2D eigenvalue weighted by Gasteiger charge is -2.35. The zero-order valence-electron chi connectivity index (χ0n) is 16.0. The van der Waals surface area contributed by atoms with Crippen LogP contribution in [0.15, 0.2) is 54.6 Å². The van der Waals surface area contributed by atoms with Crippen LogP contribution in [0.4, 0.5) is 0 Å². The lowest BCUT2D eigenvalue weighted by atomic mass is 9.81. The first kappa shape index (κ1) is 19.6. The average Bonchev–Trinajstić information content (AvgIpc) is 2.66. The first-order valence-corrected chi connectivity index (χ1v) is 11.5. The van der Waals surface area contributed by atoms with Crippen molar-refractivity contribution in [1.29, 1.82) is 0 Å². The van der Waals surface area contributed by atoms with E-state index in [1.165, 1.54) is 11.8 Å². The van der Waals surface area contributed by atoms with Gasteiger partial charge in [0.2, 0.25) is 0 Å². The van der Waals surface area contributed by atoms with Crippen LogP contribution in [0.25, 0.3) is 0 Å². The quantitative estimate of drug-likeness (QED) is 0.781. The molecule has 144 valence electrons. The molecular weight excluding hydrogens is 358 g/mol. The number of hydrogen-bond acceptors (Lipinski definition) is 3. The maximum absolute atomic E-state index is 12.9. The standard InChI is InChI=1S/C22H27NO3S/c1-23(21-13-11-19(12-14-21)18-8-4-3-5-9-18)22(24)20-10-6-7-17(15-20)16-27(2,25)26/h3-10,15,19,21H,11-14,16H2,1-2H3. The maximum atomic E-state index is 12.9. The number of hydrogen-bond donors (Lipinski definition) is 0. The van der Waals surface area contributed by atoms with Crippen LogP contribution in [-0.4, -0.2) is 38.6 Å². The molecule has 2 aromatic carbocycles. The molecule has 1 aliphatic rings. The summed E-state index contributed by atoms with van der Waals surface area (Å²) in [7, 11) is -1.26. The van der Waals surface area contributed by atoms with E-state index < -0.39 is 9.84 Å². The highest BCUT2D eigenvalue weighted by atomic mass is 32.2. The highest BCUT2D eigenvalue weighted by molar-refractivity contribution is 7.89. The largest absolute Gasteiger partial charge is 0.339 e. The van der Waals surface area contributed by atoms with Gasteiger partial charge in [0, 0.05) is 24.9 Å². The summed E-state index contributed by atoms with van der Waals surface area (Å²) in [5.74, 6) is 0.498. The lowest BCUT2D eigenvalue weighted by molar-refractivity contribution is 0.0689. The van der Waals surface area contributed by atoms with Gasteiger partial charge in [0.15, 0.2) is 9.84 Å². The van der Waals surface area contributed by atoms with E-state index in [0.717, 1.165) is 25.7 Å². The second-order valence-corrected chi connectivity index (χ2v) is 9.74. The Hall–Kier alpha value is -2.14. The van der Waals surface area contributed by atoms with Crippen LogP contribution in [0, 0.1) is 0 Å². The van der Waals surface area contributed by atoms with Gasteiger partial charge in [-0.1, -0.05) is 42.5 Å². The van der Waals surface area contributed by atoms with Gasteiger partial charge >= 0.3 is 0 Å². The van der Waals surface area contributed by atoms with Gasteiger partial charge in [-0.15, -0.1) is 0 Å². The van der Waals surface area contributed by atoms with Crippen molar-refractivity contribution >= 4 is 15.7 Å². The van der Waals surface area contributed by atoms with Gasteiger partial charge in [-0.2, -0.15) is 0 Å². The Balaban J connectivity index is 1.64. The molecule has 0 atom stereocenters. The number of sulfone groups is 1. The van der Waals surface area contributed by atoms with E-state index in [1.807, 2.05) is 18.0 Å². The monoisotopic (exact) mass is 385 g/mol. The summed E-state index contributed by atoms with van der Waals surface area (Å²) in [6.07, 6.45) is 5.36. The third-order valence-corrected chi connectivity index (χ3v) is 6.30. The van der Waals surface area contributed by atoms with Crippen molar-refractivity contribution < 1.29 is 13.2 Å². The Labute approximate surface area is 162 Å². The van der Waals surface area contributed by atoms with Crippen molar-refractivity contribution in [3.8, 4) is 0 Å². The molecule has 4 nitrogen and oxygen atoms in total. The summed E-state index contributed by atoms with van der Waals surface area (Å²) >= 11 is 0. The topological polar surface area (TPSA) is 54.5 Å². The number of nitrogens with zero attached hydrogens (tertiary/aromatic N) is 1. The fourth-order valence-corrected chi connectivity index (χ4v) is 4.77. The molecule has 0 heterocycles. The third-order valence-electron chi connectivity index (χ3n) is 5.44. The van der Waals surface area contributed by atoms with Crippen LogP contribution in [0.3, 0.4) is 0 Å². The highest BCUT2D eigenvalue weighted by Gasteiger charge is 2.27. The van der Waals surface area contributed by atoms with Crippen LogP contribution < -0.4 is 0 Å². The number of amides is 1. The second-order valence-electron chi connectivity index (χ2n) is 7.60. The minimum absolute atomic E-state index is 0.0338. The molecule has 5 heteroatoms. The lowest BCUT2D eigenvalue weighted by Crippen LogP contribution is -2.39. The molecule has 1 fully saturated rings. The van der Waals surface area contributed by atoms with Gasteiger partial charge in [0.25, 0.3) is 5.91 Å². The van der Waals surface area contributed by atoms with E-state index in [4.69, 9.17) is 0 Å². The van der Waals surface area contributed by atoms with Gasteiger partial charge < -0.3 is 4.90 Å². The molecule has 0 N–H and O–H groups in total. The van der Waals surface area contributed by atoms with E-state index in [0.29, 0.717) is 17.0 Å². The average molecular weight is 386 g/mol. The van der Waals surface area contributed by atoms with Crippen LogP contribution in [0.1, 0.15) is 53.1 Å². The van der Waals surface area contributed by atoms with E-state index in [-0.39, 0.29) is 17.7 Å². The van der Waals surface area contributed by atoms with Crippen LogP contribution in [0.5, 0.6) is 0 Å². The fraction of sp³-hybridized carbons (Fsp3) is 0.409. The van der Waals surface area contributed by atoms with E-state index in [9.17, 15) is 13.2 Å². The third kappa shape index (κ3) is 5.19. The summed E-state index contributed by atoms with van der Waals surface area (Å²) in [6.45, 7) is 0. The van der Waals surface area contributed by atoms with Crippen LogP contribution in [-0.2, 0) is 15.6 Å². The summed E-state index contributed by atoms with van der Waals surface area (Å²) in [5.41, 5.74) is 2.60. The summed E-state index contributed by atoms with van der Waals surface area (Å²) < 4.78 is 23.0. The highest BCUT2D eigenvalue weighted by Crippen LogP contribution is 2.34. The first-order chi connectivity index (χ1) is 12.8. The zero-order chi connectivity index (χ0) is 19.4. The Morgan fingerprint density at radius 2 is 1.67 bits per heavy atom. The van der Waals surface area contributed by atoms with E-state index in [2.05, 4.69) is 24.3 Å². The van der Waals surface area contributed by atoms with E-state index >= 15 is 0 Å². The molecule has 1 amide bonds. The Morgan fingerprint density at radius 1 is 1.00 bits per heavy atom. The van der Waals surface area contributed by atoms with Crippen molar-refractivity contribution in [1.82, 2.24) is 4.90 Å². The van der Waals surface area contributed by atoms with Gasteiger partial charge in [-0.05, 0) is 54.9 Å². The Bertz CT molecular complexity index is 885. The van der Waals surface area contributed by atoms with E-state index in [1.54, 1.807) is 24.3 Å². The molecule has 0 unspecified atom stereocenters. The molecule has 0 saturated heterocycles. The van der Waals surface area contributed by atoms with Crippen molar-refractivity contribution in [3.05, 3.63) is 71.3 Å². The van der Waals surface area contributed by atoms with Crippen LogP contribution in [0.2, 0.25) is 0 Å². The molecule has 1 saturated carbocycles. The van der Waals surface area contributed by atoms with Gasteiger partial charge in [0.1, 0.15) is 0 Å². The minimum Gasteiger partial charge on any atom is -0.339 e. The molecule has 1 aliphatic carbocycles. The molecule has 0 aromatic heterocycles. The maximum Gasteiger partial charge on any atom is 0.253 e. The van der Waals surface area contributed by atoms with Gasteiger partial charge in [-0.3, -0.25) is 4.79 Å². The second kappa shape index (κ2) is 8.26. The SMILES string of the molecule is CN(C(=O)c1cccc(CS(C)(=O)=O)c1)C1CCC(c2ccccc2)CC1. The molecule has 0 bridgehead atoms. The number of rotatable bonds is 5. The summed E-state index contributed by atoms with van der Waals surface area (Å²) in [4.78, 5) is 14.7. The Kier molecular flexibility index (Phi) is 6.00. The van der Waals surface area contributed by atoms with Gasteiger partial charge in [-0.25, -0.2) is 8.42 Å². The minimum atomic E-state index is -3.12. The predicted molar refractivity (Wildman–Crippen MR) is 109 cm³/mol. The smallest absolute Gasteiger partial charge is 0.253 e. The van der Waals surface area contributed by atoms with Crippen LogP contribution >= 0.6 is 0 Å². The summed E-state index contributed by atoms with van der Waals surface area (Å²) in [5, 5.41) is 0. The molecule has 2 aromatic rings. The first-order valence-electron chi connectivity index (χ1n) is 9.42.